The van der Waals surface area contributed by atoms with Crippen LogP contribution in [0.2, 0.25) is 0 Å². The van der Waals surface area contributed by atoms with Gasteiger partial charge < -0.3 is 5.32 Å². The predicted octanol–water partition coefficient (Wildman–Crippen LogP) is 1.43. The van der Waals surface area contributed by atoms with E-state index in [2.05, 4.69) is 11.9 Å². The first-order valence-corrected chi connectivity index (χ1v) is 5.46. The summed E-state index contributed by atoms with van der Waals surface area (Å²) in [5.41, 5.74) is 0. The van der Waals surface area contributed by atoms with Crippen LogP contribution in [-0.4, -0.2) is 24.0 Å². The molecular formula is C9H15NOS. The molecule has 1 heterocycles. The van der Waals surface area contributed by atoms with E-state index in [1.54, 1.807) is 0 Å². The highest BCUT2D eigenvalue weighted by Crippen LogP contribution is 2.21. The molecule has 1 fully saturated rings. The number of nitrogens with one attached hydrogen (secondary N) is 1. The maximum absolute atomic E-state index is 10.8. The van der Waals surface area contributed by atoms with Gasteiger partial charge in [-0.05, 0) is 36.3 Å². The fourth-order valence-electron chi connectivity index (χ4n) is 1.27. The molecule has 0 spiro atoms. The van der Waals surface area contributed by atoms with Gasteiger partial charge >= 0.3 is 0 Å². The van der Waals surface area contributed by atoms with Gasteiger partial charge in [-0.25, -0.2) is 0 Å². The SMILES string of the molecule is C=CC(=O)NCC1CCSCC1. The van der Waals surface area contributed by atoms with Gasteiger partial charge in [0.2, 0.25) is 5.91 Å². The summed E-state index contributed by atoms with van der Waals surface area (Å²) in [4.78, 5) is 10.8. The van der Waals surface area contributed by atoms with Gasteiger partial charge in [-0.3, -0.25) is 4.79 Å². The molecule has 2 nitrogen and oxygen atoms in total. The van der Waals surface area contributed by atoms with Crippen molar-refractivity contribution in [2.45, 2.75) is 12.8 Å². The van der Waals surface area contributed by atoms with Crippen molar-refractivity contribution in [3.05, 3.63) is 12.7 Å². The first kappa shape index (κ1) is 9.65. The Balaban J connectivity index is 2.12. The van der Waals surface area contributed by atoms with Crippen LogP contribution in [0.3, 0.4) is 0 Å². The Bertz CT molecular complexity index is 164. The Hall–Kier alpha value is -0.440. The Morgan fingerprint density at radius 2 is 2.25 bits per heavy atom. The Labute approximate surface area is 77.8 Å². The lowest BCUT2D eigenvalue weighted by atomic mass is 10.0. The van der Waals surface area contributed by atoms with Gasteiger partial charge in [0.25, 0.3) is 0 Å². The van der Waals surface area contributed by atoms with Crippen LogP contribution in [-0.2, 0) is 4.79 Å². The first-order valence-electron chi connectivity index (χ1n) is 4.31. The van der Waals surface area contributed by atoms with Crippen LogP contribution in [0.25, 0.3) is 0 Å². The van der Waals surface area contributed by atoms with E-state index in [0.29, 0.717) is 5.92 Å². The molecule has 0 atom stereocenters. The first-order chi connectivity index (χ1) is 5.83. The van der Waals surface area contributed by atoms with Crippen LogP contribution in [0, 0.1) is 5.92 Å². The van der Waals surface area contributed by atoms with Gasteiger partial charge in [0.05, 0.1) is 0 Å². The molecule has 0 aromatic carbocycles. The summed E-state index contributed by atoms with van der Waals surface area (Å²) in [6.45, 7) is 4.23. The monoisotopic (exact) mass is 185 g/mol. The van der Waals surface area contributed by atoms with E-state index in [0.717, 1.165) is 6.54 Å². The van der Waals surface area contributed by atoms with Crippen LogP contribution in [0.15, 0.2) is 12.7 Å². The van der Waals surface area contributed by atoms with Crippen LogP contribution in [0.4, 0.5) is 0 Å². The molecule has 0 radical (unpaired) electrons. The average Bonchev–Trinajstić information content (AvgIpc) is 2.16. The van der Waals surface area contributed by atoms with Crippen LogP contribution < -0.4 is 5.32 Å². The second-order valence-electron chi connectivity index (χ2n) is 3.01. The molecule has 1 saturated heterocycles. The molecule has 0 aromatic heterocycles. The highest BCUT2D eigenvalue weighted by Gasteiger charge is 2.13. The van der Waals surface area contributed by atoms with E-state index < -0.39 is 0 Å². The lowest BCUT2D eigenvalue weighted by Crippen LogP contribution is -2.29. The van der Waals surface area contributed by atoms with Gasteiger partial charge in [-0.15, -0.1) is 0 Å². The van der Waals surface area contributed by atoms with E-state index in [1.807, 2.05) is 11.8 Å². The van der Waals surface area contributed by atoms with E-state index in [9.17, 15) is 4.79 Å². The minimum Gasteiger partial charge on any atom is -0.352 e. The lowest BCUT2D eigenvalue weighted by molar-refractivity contribution is -0.116. The molecule has 1 aliphatic heterocycles. The largest absolute Gasteiger partial charge is 0.352 e. The zero-order valence-electron chi connectivity index (χ0n) is 7.21. The fraction of sp³-hybridized carbons (Fsp3) is 0.667. The van der Waals surface area contributed by atoms with Crippen molar-refractivity contribution in [1.29, 1.82) is 0 Å². The van der Waals surface area contributed by atoms with Gasteiger partial charge in [-0.2, -0.15) is 11.8 Å². The third-order valence-electron chi connectivity index (χ3n) is 2.09. The number of thioether (sulfide) groups is 1. The van der Waals surface area contributed by atoms with Gasteiger partial charge in [0.15, 0.2) is 0 Å². The summed E-state index contributed by atoms with van der Waals surface area (Å²) in [6, 6.07) is 0. The zero-order valence-corrected chi connectivity index (χ0v) is 8.03. The highest BCUT2D eigenvalue weighted by atomic mass is 32.2. The topological polar surface area (TPSA) is 29.1 Å². The molecule has 1 N–H and O–H groups in total. The Morgan fingerprint density at radius 3 is 2.83 bits per heavy atom. The number of amides is 1. The second-order valence-corrected chi connectivity index (χ2v) is 4.23. The molecule has 1 aliphatic rings. The van der Waals surface area contributed by atoms with E-state index >= 15 is 0 Å². The van der Waals surface area contributed by atoms with Crippen molar-refractivity contribution < 1.29 is 4.79 Å². The number of hydrogen-bond donors (Lipinski definition) is 1. The summed E-state index contributed by atoms with van der Waals surface area (Å²) in [5, 5.41) is 2.84. The van der Waals surface area contributed by atoms with Gasteiger partial charge in [0.1, 0.15) is 0 Å². The van der Waals surface area contributed by atoms with Crippen LogP contribution in [0.5, 0.6) is 0 Å². The molecule has 0 aromatic rings. The minimum absolute atomic E-state index is 0.0479. The number of hydrogen-bond acceptors (Lipinski definition) is 2. The summed E-state index contributed by atoms with van der Waals surface area (Å²) in [5.74, 6) is 3.13. The maximum atomic E-state index is 10.8. The number of rotatable bonds is 3. The quantitative estimate of drug-likeness (QED) is 0.674. The van der Waals surface area contributed by atoms with Crippen molar-refractivity contribution in [3.8, 4) is 0 Å². The van der Waals surface area contributed by atoms with Gasteiger partial charge in [0, 0.05) is 6.54 Å². The lowest BCUT2D eigenvalue weighted by Gasteiger charge is -2.20. The summed E-state index contributed by atoms with van der Waals surface area (Å²) < 4.78 is 0. The summed E-state index contributed by atoms with van der Waals surface area (Å²) in [6.07, 6.45) is 3.81. The third kappa shape index (κ3) is 3.30. The van der Waals surface area contributed by atoms with E-state index in [4.69, 9.17) is 0 Å². The Kier molecular flexibility index (Phi) is 4.22. The normalized spacial score (nSPS) is 18.7. The molecule has 0 bridgehead atoms. The third-order valence-corrected chi connectivity index (χ3v) is 3.14. The van der Waals surface area contributed by atoms with Crippen LogP contribution >= 0.6 is 11.8 Å². The molecule has 0 aliphatic carbocycles. The van der Waals surface area contributed by atoms with Crippen molar-refractivity contribution in [2.24, 2.45) is 5.92 Å². The van der Waals surface area contributed by atoms with Crippen LogP contribution in [0.1, 0.15) is 12.8 Å². The van der Waals surface area contributed by atoms with Crippen molar-refractivity contribution in [1.82, 2.24) is 5.32 Å². The smallest absolute Gasteiger partial charge is 0.243 e. The summed E-state index contributed by atoms with van der Waals surface area (Å²) >= 11 is 2.01. The van der Waals surface area contributed by atoms with Crippen molar-refractivity contribution in [3.63, 3.8) is 0 Å². The molecule has 0 unspecified atom stereocenters. The van der Waals surface area contributed by atoms with Crippen molar-refractivity contribution >= 4 is 17.7 Å². The summed E-state index contributed by atoms with van der Waals surface area (Å²) in [7, 11) is 0. The van der Waals surface area contributed by atoms with E-state index in [1.165, 1.54) is 30.4 Å². The fourth-order valence-corrected chi connectivity index (χ4v) is 2.47. The average molecular weight is 185 g/mol. The van der Waals surface area contributed by atoms with Gasteiger partial charge in [-0.1, -0.05) is 6.58 Å². The molecular weight excluding hydrogens is 170 g/mol. The molecule has 12 heavy (non-hydrogen) atoms. The Morgan fingerprint density at radius 1 is 1.58 bits per heavy atom. The zero-order chi connectivity index (χ0) is 8.81. The van der Waals surface area contributed by atoms with E-state index in [-0.39, 0.29) is 5.91 Å². The number of carbonyl (C=O) groups excluding carboxylic acids is 1. The molecule has 1 amide bonds. The molecule has 0 saturated carbocycles. The molecule has 1 rings (SSSR count). The predicted molar refractivity (Wildman–Crippen MR) is 53.3 cm³/mol. The maximum Gasteiger partial charge on any atom is 0.243 e. The highest BCUT2D eigenvalue weighted by molar-refractivity contribution is 7.99. The second kappa shape index (κ2) is 5.25. The van der Waals surface area contributed by atoms with Crippen molar-refractivity contribution in [2.75, 3.05) is 18.1 Å². The molecule has 3 heteroatoms. The number of carbonyl (C=O) groups is 1. The standard InChI is InChI=1S/C9H15NOS/c1-2-9(11)10-7-8-3-5-12-6-4-8/h2,8H,1,3-7H2,(H,10,11). The minimum atomic E-state index is -0.0479. The molecule has 68 valence electrons.